The number of aliphatic hydroxyl groups is 2. The number of halogens is 1. The predicted molar refractivity (Wildman–Crippen MR) is 104 cm³/mol. The van der Waals surface area contributed by atoms with Crippen LogP contribution in [-0.2, 0) is 14.1 Å². The van der Waals surface area contributed by atoms with Gasteiger partial charge in [-0.3, -0.25) is 9.36 Å². The number of fused-ring (bicyclic) bond motifs is 1. The van der Waals surface area contributed by atoms with E-state index >= 15 is 0 Å². The molecule has 0 bridgehead atoms. The van der Waals surface area contributed by atoms with Crippen LogP contribution in [0.15, 0.2) is 6.33 Å². The largest absolute Gasteiger partial charge is 0.389 e. The smallest absolute Gasteiger partial charge is 0.350 e. The Hall–Kier alpha value is -1.66. The van der Waals surface area contributed by atoms with Gasteiger partial charge < -0.3 is 34.6 Å². The molecule has 2 fully saturated rings. The van der Waals surface area contributed by atoms with E-state index in [9.17, 15) is 19.6 Å². The molecule has 2 aromatic rings. The first-order valence-corrected chi connectivity index (χ1v) is 11.5. The number of aliphatic hydroxyl groups excluding tert-OH is 2. The average molecular weight is 462 g/mol. The highest BCUT2D eigenvalue weighted by Gasteiger charge is 2.50. The molecule has 30 heavy (non-hydrogen) atoms. The minimum Gasteiger partial charge on any atom is -0.389 e. The Labute approximate surface area is 175 Å². The van der Waals surface area contributed by atoms with Crippen LogP contribution < -0.4 is 5.32 Å². The van der Waals surface area contributed by atoms with Crippen molar-refractivity contribution < 1.29 is 34.1 Å². The molecule has 4 atom stereocenters. The van der Waals surface area contributed by atoms with Crippen molar-refractivity contribution >= 4 is 42.0 Å². The minimum absolute atomic E-state index is 0.0652. The molecule has 0 amide bonds. The molecule has 4 rings (SSSR count). The molecular weight excluding hydrogens is 441 g/mol. The van der Waals surface area contributed by atoms with E-state index in [4.69, 9.17) is 26.1 Å². The van der Waals surface area contributed by atoms with Gasteiger partial charge in [-0.15, -0.1) is 0 Å². The van der Waals surface area contributed by atoms with Gasteiger partial charge in [-0.25, -0.2) is 4.98 Å². The molecule has 0 radical (unpaired) electrons. The molecule has 2 aliphatic rings. The monoisotopic (exact) mass is 461 g/mol. The van der Waals surface area contributed by atoms with Crippen molar-refractivity contribution in [1.82, 2.24) is 19.5 Å². The number of aromatic nitrogens is 4. The Kier molecular flexibility index (Phi) is 5.84. The second-order valence-electron chi connectivity index (χ2n) is 7.59. The first-order valence-electron chi connectivity index (χ1n) is 9.32. The predicted octanol–water partition coefficient (Wildman–Crippen LogP) is -0.0848. The zero-order valence-corrected chi connectivity index (χ0v) is 17.3. The lowest BCUT2D eigenvalue weighted by molar-refractivity contribution is -0.126. The Morgan fingerprint density at radius 1 is 1.27 bits per heavy atom. The zero-order chi connectivity index (χ0) is 21.6. The van der Waals surface area contributed by atoms with E-state index < -0.39 is 50.5 Å². The van der Waals surface area contributed by atoms with Crippen LogP contribution in [0.3, 0.4) is 0 Å². The van der Waals surface area contributed by atoms with Gasteiger partial charge in [0.15, 0.2) is 22.8 Å². The summed E-state index contributed by atoms with van der Waals surface area (Å²) in [6.45, 7) is 0.257. The summed E-state index contributed by atoms with van der Waals surface area (Å²) in [7, 11) is -4.43. The summed E-state index contributed by atoms with van der Waals surface area (Å²) in [4.78, 5) is 43.2. The zero-order valence-electron chi connectivity index (χ0n) is 15.6. The number of ether oxygens (including phenoxy) is 1. The third-order valence-electron chi connectivity index (χ3n) is 5.25. The summed E-state index contributed by atoms with van der Waals surface area (Å²) in [5.74, 6) is -0.753. The number of ketones is 1. The van der Waals surface area contributed by atoms with Crippen LogP contribution in [0.1, 0.15) is 18.9 Å². The fourth-order valence-electron chi connectivity index (χ4n) is 3.54. The number of nitrogens with one attached hydrogen (secondary N) is 1. The van der Waals surface area contributed by atoms with Crippen LogP contribution in [-0.4, -0.2) is 77.0 Å². The lowest BCUT2D eigenvalue weighted by atomic mass is 10.1. The first kappa shape index (κ1) is 21.6. The highest BCUT2D eigenvalue weighted by Crippen LogP contribution is 2.38. The fraction of sp³-hybridized carbons (Fsp3) is 0.625. The minimum atomic E-state index is -4.43. The van der Waals surface area contributed by atoms with Gasteiger partial charge in [0, 0.05) is 6.54 Å². The number of carbonyl (C=O) groups excluding carboxylic acids is 1. The molecule has 0 spiro atoms. The molecule has 14 heteroatoms. The molecule has 0 aromatic carbocycles. The molecule has 12 nitrogen and oxygen atoms in total. The van der Waals surface area contributed by atoms with Crippen molar-refractivity contribution in [2.75, 3.05) is 24.8 Å². The van der Waals surface area contributed by atoms with Crippen LogP contribution in [0.2, 0.25) is 5.28 Å². The molecule has 5 N–H and O–H groups in total. The maximum atomic E-state index is 12.9. The lowest BCUT2D eigenvalue weighted by Crippen LogP contribution is -2.31. The molecular formula is C16H21ClN5O7P. The van der Waals surface area contributed by atoms with Gasteiger partial charge in [-0.05, 0) is 30.4 Å². The lowest BCUT2D eigenvalue weighted by Gasteiger charge is -2.17. The van der Waals surface area contributed by atoms with E-state index in [0.717, 1.165) is 12.8 Å². The van der Waals surface area contributed by atoms with E-state index in [1.54, 1.807) is 0 Å². The number of imidazole rings is 1. The Balaban J connectivity index is 1.59. The van der Waals surface area contributed by atoms with Gasteiger partial charge in [-0.2, -0.15) is 9.97 Å². The van der Waals surface area contributed by atoms with Crippen molar-refractivity contribution in [1.29, 1.82) is 0 Å². The van der Waals surface area contributed by atoms with E-state index in [1.165, 1.54) is 10.9 Å². The number of nitrogens with zero attached hydrogens (tertiary/aromatic N) is 4. The Morgan fingerprint density at radius 3 is 2.67 bits per heavy atom. The van der Waals surface area contributed by atoms with Crippen molar-refractivity contribution in [2.45, 2.75) is 31.1 Å². The second kappa shape index (κ2) is 8.12. The molecule has 164 valence electrons. The number of hydrogen-bond donors (Lipinski definition) is 5. The maximum absolute atomic E-state index is 12.9. The summed E-state index contributed by atoms with van der Waals surface area (Å²) in [6, 6.07) is -1.21. The summed E-state index contributed by atoms with van der Waals surface area (Å²) >= 11 is 6.04. The molecule has 0 saturated heterocycles. The third kappa shape index (κ3) is 4.35. The van der Waals surface area contributed by atoms with Crippen molar-refractivity contribution in [3.63, 3.8) is 0 Å². The normalized spacial score (nSPS) is 27.2. The van der Waals surface area contributed by atoms with Crippen LogP contribution in [0.25, 0.3) is 11.2 Å². The number of Topliss-reactive ketones (excluding diaryl/α,β-unsaturated/α-hetero) is 1. The molecule has 0 aliphatic heterocycles. The average Bonchev–Trinajstić information content (AvgIpc) is 3.37. The van der Waals surface area contributed by atoms with E-state index in [2.05, 4.69) is 20.3 Å². The SMILES string of the molecule is O=C1[C@H](COCP(=O)(O)O)[C@H](O)[C@H](O)[C@H]1n1cnc2c(NCC3CC3)nc(Cl)nc21. The van der Waals surface area contributed by atoms with Crippen molar-refractivity contribution in [2.24, 2.45) is 11.8 Å². The Bertz CT molecular complexity index is 1010. The molecule has 0 unspecified atom stereocenters. The van der Waals surface area contributed by atoms with Crippen LogP contribution >= 0.6 is 19.2 Å². The second-order valence-corrected chi connectivity index (χ2v) is 9.51. The van der Waals surface area contributed by atoms with E-state index in [-0.39, 0.29) is 10.9 Å². The number of anilines is 1. The highest BCUT2D eigenvalue weighted by molar-refractivity contribution is 7.51. The van der Waals surface area contributed by atoms with Crippen LogP contribution in [0.4, 0.5) is 5.82 Å². The molecule has 2 heterocycles. The first-order chi connectivity index (χ1) is 14.2. The molecule has 2 saturated carbocycles. The van der Waals surface area contributed by atoms with E-state index in [0.29, 0.717) is 23.8 Å². The standard InChI is InChI=1S/C16H21ClN5O7P/c17-16-20-14(18-3-7-1-2-7)9-15(21-16)22(5-19-9)10-11(23)8(12(24)13(10)25)4-29-6-30(26,27)28/h5,7-8,10,12-13,24-25H,1-4,6H2,(H,18,20,21)(H2,26,27,28)/t8-,10-,12-,13+/m0/s1. The quantitative estimate of drug-likeness (QED) is 0.262. The van der Waals surface area contributed by atoms with Crippen LogP contribution in [0.5, 0.6) is 0 Å². The number of carbonyl (C=O) groups is 1. The molecule has 2 aliphatic carbocycles. The highest BCUT2D eigenvalue weighted by atomic mass is 35.5. The van der Waals surface area contributed by atoms with Gasteiger partial charge >= 0.3 is 7.60 Å². The van der Waals surface area contributed by atoms with Crippen LogP contribution in [0, 0.1) is 11.8 Å². The fourth-order valence-corrected chi connectivity index (χ4v) is 4.05. The van der Waals surface area contributed by atoms with Crippen molar-refractivity contribution in [3.05, 3.63) is 11.6 Å². The summed E-state index contributed by atoms with van der Waals surface area (Å²) in [5, 5.41) is 23.9. The van der Waals surface area contributed by atoms with Crippen molar-refractivity contribution in [3.8, 4) is 0 Å². The summed E-state index contributed by atoms with van der Waals surface area (Å²) in [6.07, 6.45) is -0.283. The van der Waals surface area contributed by atoms with Gasteiger partial charge in [-0.1, -0.05) is 0 Å². The summed E-state index contributed by atoms with van der Waals surface area (Å²) < 4.78 is 17.1. The number of hydrogen-bond acceptors (Lipinski definition) is 9. The third-order valence-corrected chi connectivity index (χ3v) is 5.94. The van der Waals surface area contributed by atoms with Gasteiger partial charge in [0.1, 0.15) is 18.5 Å². The topological polar surface area (TPSA) is 180 Å². The van der Waals surface area contributed by atoms with Gasteiger partial charge in [0.05, 0.1) is 25.0 Å². The number of rotatable bonds is 8. The van der Waals surface area contributed by atoms with Gasteiger partial charge in [0.25, 0.3) is 0 Å². The van der Waals surface area contributed by atoms with E-state index in [1.807, 2.05) is 0 Å². The Morgan fingerprint density at radius 2 is 2.00 bits per heavy atom. The summed E-state index contributed by atoms with van der Waals surface area (Å²) in [5.41, 5.74) is 0.588. The maximum Gasteiger partial charge on any atom is 0.350 e. The molecule has 2 aromatic heterocycles. The van der Waals surface area contributed by atoms with Gasteiger partial charge in [0.2, 0.25) is 5.28 Å².